The summed E-state index contributed by atoms with van der Waals surface area (Å²) in [5.74, 6) is 1.47. The van der Waals surface area contributed by atoms with Crippen molar-refractivity contribution in [1.82, 2.24) is 10.2 Å². The summed E-state index contributed by atoms with van der Waals surface area (Å²) in [4.78, 5) is 15.2. The Morgan fingerprint density at radius 2 is 1.67 bits per heavy atom. The molecule has 1 saturated heterocycles. The predicted molar refractivity (Wildman–Crippen MR) is 120 cm³/mol. The zero-order valence-corrected chi connectivity index (χ0v) is 18.6. The van der Waals surface area contributed by atoms with Crippen LogP contribution in [0.5, 0.6) is 11.5 Å². The summed E-state index contributed by atoms with van der Waals surface area (Å²) in [6.07, 6.45) is 3.13. The first-order chi connectivity index (χ1) is 14.5. The van der Waals surface area contributed by atoms with Gasteiger partial charge in [-0.3, -0.25) is 9.69 Å². The second kappa shape index (κ2) is 10.5. The van der Waals surface area contributed by atoms with Gasteiger partial charge in [-0.25, -0.2) is 0 Å². The monoisotopic (exact) mass is 410 g/mol. The van der Waals surface area contributed by atoms with Gasteiger partial charge in [0.05, 0.1) is 13.2 Å². The maximum atomic E-state index is 12.7. The Labute approximate surface area is 180 Å². The molecule has 0 spiro atoms. The lowest BCUT2D eigenvalue weighted by Crippen LogP contribution is -2.43. The topological polar surface area (TPSA) is 50.8 Å². The molecule has 2 aromatic carbocycles. The SMILES string of the molecule is COc1ccc(C(CNC(=O)C(C)Oc2ccc(C)c(C)c2)N2CCCCC2)cc1. The standard InChI is InChI=1S/C25H34N2O3/c1-18-8-11-23(16-19(18)2)30-20(3)25(28)26-17-24(27-14-6-5-7-15-27)21-9-12-22(29-4)13-10-21/h8-13,16,20,24H,5-7,14-15,17H2,1-4H3,(H,26,28). The number of benzene rings is 2. The minimum absolute atomic E-state index is 0.0938. The molecule has 162 valence electrons. The molecular weight excluding hydrogens is 376 g/mol. The van der Waals surface area contributed by atoms with Gasteiger partial charge in [-0.15, -0.1) is 0 Å². The van der Waals surface area contributed by atoms with E-state index in [1.807, 2.05) is 37.3 Å². The molecule has 5 heteroatoms. The number of ether oxygens (including phenoxy) is 2. The van der Waals surface area contributed by atoms with Crippen molar-refractivity contribution >= 4 is 5.91 Å². The minimum Gasteiger partial charge on any atom is -0.497 e. The molecule has 2 unspecified atom stereocenters. The van der Waals surface area contributed by atoms with Crippen molar-refractivity contribution in [2.75, 3.05) is 26.7 Å². The van der Waals surface area contributed by atoms with Crippen LogP contribution in [0.4, 0.5) is 0 Å². The Balaban J connectivity index is 1.64. The number of amides is 1. The van der Waals surface area contributed by atoms with Crippen LogP contribution in [0.2, 0.25) is 0 Å². The van der Waals surface area contributed by atoms with Crippen LogP contribution in [0.3, 0.4) is 0 Å². The molecule has 0 saturated carbocycles. The van der Waals surface area contributed by atoms with E-state index in [0.717, 1.165) is 30.2 Å². The molecule has 2 aromatic rings. The molecule has 1 heterocycles. The van der Waals surface area contributed by atoms with Gasteiger partial charge in [0.25, 0.3) is 5.91 Å². The molecule has 0 bridgehead atoms. The van der Waals surface area contributed by atoms with E-state index < -0.39 is 6.10 Å². The molecule has 0 radical (unpaired) electrons. The molecule has 1 fully saturated rings. The van der Waals surface area contributed by atoms with Gasteiger partial charge in [-0.1, -0.05) is 24.6 Å². The normalized spacial score (nSPS) is 16.5. The summed E-state index contributed by atoms with van der Waals surface area (Å²) in [5.41, 5.74) is 3.56. The summed E-state index contributed by atoms with van der Waals surface area (Å²) in [6, 6.07) is 14.2. The molecule has 3 rings (SSSR count). The number of nitrogens with one attached hydrogen (secondary N) is 1. The zero-order chi connectivity index (χ0) is 21.5. The summed E-state index contributed by atoms with van der Waals surface area (Å²) in [5, 5.41) is 3.12. The van der Waals surface area contributed by atoms with Gasteiger partial charge < -0.3 is 14.8 Å². The molecule has 5 nitrogen and oxygen atoms in total. The maximum absolute atomic E-state index is 12.7. The van der Waals surface area contributed by atoms with Crippen molar-refractivity contribution in [2.45, 2.75) is 52.2 Å². The van der Waals surface area contributed by atoms with Crippen molar-refractivity contribution in [1.29, 1.82) is 0 Å². The highest BCUT2D eigenvalue weighted by molar-refractivity contribution is 5.80. The largest absolute Gasteiger partial charge is 0.497 e. The number of carbonyl (C=O) groups is 1. The van der Waals surface area contributed by atoms with Gasteiger partial charge in [-0.05, 0) is 87.7 Å². The number of hydrogen-bond donors (Lipinski definition) is 1. The van der Waals surface area contributed by atoms with Crippen molar-refractivity contribution in [3.05, 3.63) is 59.2 Å². The lowest BCUT2D eigenvalue weighted by Gasteiger charge is -2.35. The molecule has 1 amide bonds. The number of rotatable bonds is 8. The van der Waals surface area contributed by atoms with Gasteiger partial charge in [-0.2, -0.15) is 0 Å². The van der Waals surface area contributed by atoms with Gasteiger partial charge >= 0.3 is 0 Å². The van der Waals surface area contributed by atoms with Crippen LogP contribution in [0, 0.1) is 13.8 Å². The number of carbonyl (C=O) groups excluding carboxylic acids is 1. The summed E-state index contributed by atoms with van der Waals surface area (Å²) in [7, 11) is 1.67. The first-order valence-electron chi connectivity index (χ1n) is 10.9. The number of nitrogens with zero attached hydrogens (tertiary/aromatic N) is 1. The number of hydrogen-bond acceptors (Lipinski definition) is 4. The molecule has 1 aliphatic heterocycles. The fraction of sp³-hybridized carbons (Fsp3) is 0.480. The van der Waals surface area contributed by atoms with E-state index in [0.29, 0.717) is 6.54 Å². The molecule has 1 aliphatic rings. The number of likely N-dealkylation sites (tertiary alicyclic amines) is 1. The highest BCUT2D eigenvalue weighted by Gasteiger charge is 2.24. The number of methoxy groups -OCH3 is 1. The predicted octanol–water partition coefficient (Wildman–Crippen LogP) is 4.42. The Bertz CT molecular complexity index is 829. The van der Waals surface area contributed by atoms with E-state index in [2.05, 4.69) is 29.3 Å². The summed E-state index contributed by atoms with van der Waals surface area (Å²) < 4.78 is 11.2. The van der Waals surface area contributed by atoms with Gasteiger partial charge in [0, 0.05) is 6.54 Å². The second-order valence-electron chi connectivity index (χ2n) is 8.14. The van der Waals surface area contributed by atoms with Gasteiger partial charge in [0.15, 0.2) is 6.10 Å². The molecular formula is C25H34N2O3. The van der Waals surface area contributed by atoms with Crippen LogP contribution in [-0.4, -0.2) is 43.7 Å². The highest BCUT2D eigenvalue weighted by Crippen LogP contribution is 2.26. The highest BCUT2D eigenvalue weighted by atomic mass is 16.5. The van der Waals surface area contributed by atoms with E-state index in [1.165, 1.54) is 30.4 Å². The zero-order valence-electron chi connectivity index (χ0n) is 18.6. The minimum atomic E-state index is -0.551. The third-order valence-electron chi connectivity index (χ3n) is 5.96. The van der Waals surface area contributed by atoms with Crippen LogP contribution >= 0.6 is 0 Å². The van der Waals surface area contributed by atoms with E-state index in [9.17, 15) is 4.79 Å². The molecule has 0 aliphatic carbocycles. The third-order valence-corrected chi connectivity index (χ3v) is 5.96. The van der Waals surface area contributed by atoms with Gasteiger partial charge in [0.1, 0.15) is 11.5 Å². The maximum Gasteiger partial charge on any atom is 0.260 e. The molecule has 1 N–H and O–H groups in total. The van der Waals surface area contributed by atoms with Crippen molar-refractivity contribution in [3.63, 3.8) is 0 Å². The Hall–Kier alpha value is -2.53. The Morgan fingerprint density at radius 3 is 2.30 bits per heavy atom. The quantitative estimate of drug-likeness (QED) is 0.700. The van der Waals surface area contributed by atoms with E-state index in [1.54, 1.807) is 14.0 Å². The van der Waals surface area contributed by atoms with Crippen LogP contribution in [0.25, 0.3) is 0 Å². The van der Waals surface area contributed by atoms with Crippen LogP contribution in [0.15, 0.2) is 42.5 Å². The van der Waals surface area contributed by atoms with E-state index in [4.69, 9.17) is 9.47 Å². The first kappa shape index (κ1) is 22.2. The second-order valence-corrected chi connectivity index (χ2v) is 8.14. The molecule has 0 aromatic heterocycles. The average Bonchev–Trinajstić information content (AvgIpc) is 2.77. The summed E-state index contributed by atoms with van der Waals surface area (Å²) in [6.45, 7) is 8.59. The molecule has 30 heavy (non-hydrogen) atoms. The van der Waals surface area contributed by atoms with Crippen molar-refractivity contribution < 1.29 is 14.3 Å². The van der Waals surface area contributed by atoms with Crippen LogP contribution in [-0.2, 0) is 4.79 Å². The van der Waals surface area contributed by atoms with E-state index in [-0.39, 0.29) is 11.9 Å². The summed E-state index contributed by atoms with van der Waals surface area (Å²) >= 11 is 0. The smallest absolute Gasteiger partial charge is 0.260 e. The first-order valence-corrected chi connectivity index (χ1v) is 10.9. The average molecular weight is 411 g/mol. The van der Waals surface area contributed by atoms with Crippen LogP contribution in [0.1, 0.15) is 48.9 Å². The van der Waals surface area contributed by atoms with Crippen molar-refractivity contribution in [3.8, 4) is 11.5 Å². The Kier molecular flexibility index (Phi) is 7.75. The van der Waals surface area contributed by atoms with Gasteiger partial charge in [0.2, 0.25) is 0 Å². The fourth-order valence-electron chi connectivity index (χ4n) is 3.90. The lowest BCUT2D eigenvalue weighted by atomic mass is 10.0. The van der Waals surface area contributed by atoms with Crippen molar-refractivity contribution in [2.24, 2.45) is 0 Å². The fourth-order valence-corrected chi connectivity index (χ4v) is 3.90. The van der Waals surface area contributed by atoms with E-state index >= 15 is 0 Å². The number of aryl methyl sites for hydroxylation is 2. The Morgan fingerprint density at radius 1 is 1.00 bits per heavy atom. The lowest BCUT2D eigenvalue weighted by molar-refractivity contribution is -0.127. The number of piperidine rings is 1. The third kappa shape index (κ3) is 5.76. The van der Waals surface area contributed by atoms with Crippen LogP contribution < -0.4 is 14.8 Å². The molecule has 2 atom stereocenters.